The lowest BCUT2D eigenvalue weighted by atomic mass is 10.3. The molecule has 0 radical (unpaired) electrons. The molecule has 1 aromatic heterocycles. The maximum absolute atomic E-state index is 13.3. The zero-order valence-electron chi connectivity index (χ0n) is 20.3. The number of carbonyl (C=O) groups excluding carboxylic acids is 1. The highest BCUT2D eigenvalue weighted by Gasteiger charge is 2.20. The first-order valence-electron chi connectivity index (χ1n) is 11.3. The zero-order chi connectivity index (χ0) is 23.6. The van der Waals surface area contributed by atoms with Crippen LogP contribution < -0.4 is 14.4 Å². The number of carbonyl (C=O) groups is 1. The number of anilines is 1. The summed E-state index contributed by atoms with van der Waals surface area (Å²) in [6.07, 6.45) is 1.32. The van der Waals surface area contributed by atoms with Crippen LogP contribution in [0.5, 0.6) is 11.5 Å². The minimum Gasteiger partial charge on any atom is -0.497 e. The molecule has 1 amide bonds. The lowest BCUT2D eigenvalue weighted by Gasteiger charge is -2.24. The van der Waals surface area contributed by atoms with Crippen LogP contribution in [0.2, 0.25) is 0 Å². The fourth-order valence-electron chi connectivity index (χ4n) is 3.46. The van der Waals surface area contributed by atoms with Crippen LogP contribution in [-0.2, 0) is 4.79 Å². The highest BCUT2D eigenvalue weighted by molar-refractivity contribution is 7.99. The van der Waals surface area contributed by atoms with E-state index in [9.17, 15) is 4.79 Å². The van der Waals surface area contributed by atoms with Gasteiger partial charge in [0.1, 0.15) is 11.5 Å². The van der Waals surface area contributed by atoms with Crippen LogP contribution in [0.3, 0.4) is 0 Å². The molecule has 0 atom stereocenters. The molecule has 9 heteroatoms. The summed E-state index contributed by atoms with van der Waals surface area (Å²) in [5.74, 6) is 2.67. The third kappa shape index (κ3) is 7.77. The van der Waals surface area contributed by atoms with Gasteiger partial charge in [-0.15, -0.1) is 24.2 Å². The Bertz CT molecular complexity index is 1030. The van der Waals surface area contributed by atoms with Gasteiger partial charge in [0.15, 0.2) is 5.13 Å². The monoisotopic (exact) mass is 523 g/mol. The molecule has 1 heterocycles. The Balaban J connectivity index is 0.00000408. The predicted molar refractivity (Wildman–Crippen MR) is 147 cm³/mol. The van der Waals surface area contributed by atoms with Crippen molar-refractivity contribution in [3.05, 3.63) is 42.5 Å². The van der Waals surface area contributed by atoms with Gasteiger partial charge in [0.05, 0.1) is 24.4 Å². The maximum atomic E-state index is 13.3. The third-order valence-corrected chi connectivity index (χ3v) is 7.65. The van der Waals surface area contributed by atoms with Crippen LogP contribution >= 0.6 is 35.5 Å². The average Bonchev–Trinajstić information content (AvgIpc) is 3.27. The van der Waals surface area contributed by atoms with E-state index in [1.165, 1.54) is 4.90 Å². The average molecular weight is 524 g/mol. The molecule has 0 aliphatic carbocycles. The van der Waals surface area contributed by atoms with Crippen molar-refractivity contribution < 1.29 is 14.3 Å². The summed E-state index contributed by atoms with van der Waals surface area (Å²) in [5.41, 5.74) is 0.895. The van der Waals surface area contributed by atoms with Gasteiger partial charge >= 0.3 is 0 Å². The van der Waals surface area contributed by atoms with Gasteiger partial charge in [0.25, 0.3) is 0 Å². The first-order valence-corrected chi connectivity index (χ1v) is 13.1. The van der Waals surface area contributed by atoms with Crippen molar-refractivity contribution >= 4 is 56.8 Å². The Hall–Kier alpha value is -2.00. The first kappa shape index (κ1) is 28.2. The van der Waals surface area contributed by atoms with E-state index in [2.05, 4.69) is 30.9 Å². The van der Waals surface area contributed by atoms with E-state index in [0.717, 1.165) is 58.7 Å². The topological polar surface area (TPSA) is 54.9 Å². The first-order chi connectivity index (χ1) is 16.1. The van der Waals surface area contributed by atoms with E-state index in [1.807, 2.05) is 35.2 Å². The number of halogens is 1. The van der Waals surface area contributed by atoms with Crippen LogP contribution in [0.4, 0.5) is 5.13 Å². The fraction of sp³-hybridized carbons (Fsp3) is 0.440. The third-order valence-electron chi connectivity index (χ3n) is 5.51. The number of ether oxygens (including phenoxy) is 2. The molecule has 0 aliphatic heterocycles. The van der Waals surface area contributed by atoms with Gasteiger partial charge in [0.2, 0.25) is 5.91 Å². The Labute approximate surface area is 217 Å². The molecule has 0 saturated heterocycles. The van der Waals surface area contributed by atoms with E-state index in [1.54, 1.807) is 37.3 Å². The minimum atomic E-state index is 0. The lowest BCUT2D eigenvalue weighted by molar-refractivity contribution is -0.118. The number of fused-ring (bicyclic) bond motifs is 1. The summed E-state index contributed by atoms with van der Waals surface area (Å²) >= 11 is 3.31. The number of rotatable bonds is 13. The summed E-state index contributed by atoms with van der Waals surface area (Å²) < 4.78 is 11.6. The number of likely N-dealkylation sites (N-methyl/N-ethyl adjacent to an activating group) is 1. The minimum absolute atomic E-state index is 0. The predicted octanol–water partition coefficient (Wildman–Crippen LogP) is 5.98. The highest BCUT2D eigenvalue weighted by atomic mass is 35.5. The van der Waals surface area contributed by atoms with Crippen molar-refractivity contribution in [3.63, 3.8) is 0 Å². The van der Waals surface area contributed by atoms with Gasteiger partial charge in [0, 0.05) is 24.4 Å². The molecule has 0 N–H and O–H groups in total. The Morgan fingerprint density at radius 2 is 1.68 bits per heavy atom. The largest absolute Gasteiger partial charge is 0.497 e. The molecule has 0 bridgehead atoms. The van der Waals surface area contributed by atoms with Gasteiger partial charge < -0.3 is 14.4 Å². The normalized spacial score (nSPS) is 10.9. The van der Waals surface area contributed by atoms with Crippen LogP contribution in [0.15, 0.2) is 47.4 Å². The summed E-state index contributed by atoms with van der Waals surface area (Å²) in [6, 6.07) is 13.9. The lowest BCUT2D eigenvalue weighted by Crippen LogP contribution is -2.38. The summed E-state index contributed by atoms with van der Waals surface area (Å²) in [6.45, 7) is 7.70. The number of hydrogen-bond donors (Lipinski definition) is 0. The molecule has 3 rings (SSSR count). The second-order valence-electron chi connectivity index (χ2n) is 7.53. The number of amides is 1. The maximum Gasteiger partial charge on any atom is 0.228 e. The van der Waals surface area contributed by atoms with Crippen LogP contribution in [0.1, 0.15) is 26.7 Å². The number of thioether (sulfide) groups is 1. The number of benzene rings is 2. The molecule has 2 aromatic carbocycles. The number of nitrogens with zero attached hydrogens (tertiary/aromatic N) is 3. The van der Waals surface area contributed by atoms with Crippen molar-refractivity contribution in [1.82, 2.24) is 9.88 Å². The van der Waals surface area contributed by atoms with E-state index < -0.39 is 0 Å². The fourth-order valence-corrected chi connectivity index (χ4v) is 5.35. The summed E-state index contributed by atoms with van der Waals surface area (Å²) in [7, 11) is 3.33. The number of methoxy groups -OCH3 is 2. The van der Waals surface area contributed by atoms with E-state index in [0.29, 0.717) is 13.0 Å². The second-order valence-corrected chi connectivity index (χ2v) is 9.71. The van der Waals surface area contributed by atoms with Gasteiger partial charge in [-0.2, -0.15) is 0 Å². The van der Waals surface area contributed by atoms with Gasteiger partial charge in [-0.1, -0.05) is 25.2 Å². The number of aromatic nitrogens is 1. The van der Waals surface area contributed by atoms with Crippen molar-refractivity contribution in [2.45, 2.75) is 31.6 Å². The van der Waals surface area contributed by atoms with Crippen molar-refractivity contribution in [2.24, 2.45) is 0 Å². The Kier molecular flexibility index (Phi) is 12.0. The molecular weight excluding hydrogens is 490 g/mol. The van der Waals surface area contributed by atoms with Gasteiger partial charge in [-0.3, -0.25) is 9.69 Å². The summed E-state index contributed by atoms with van der Waals surface area (Å²) in [5, 5.41) is 0.762. The molecule has 0 spiro atoms. The molecule has 0 aliphatic rings. The number of hydrogen-bond acceptors (Lipinski definition) is 7. The van der Waals surface area contributed by atoms with Gasteiger partial charge in [-0.05, 0) is 67.7 Å². The Morgan fingerprint density at radius 3 is 2.32 bits per heavy atom. The quantitative estimate of drug-likeness (QED) is 0.203. The molecule has 186 valence electrons. The Morgan fingerprint density at radius 1 is 1.00 bits per heavy atom. The SMILES string of the molecule is CCN(CC)CCN(C(=O)CCCSc1ccc(OC)cc1)c1nc2ccc(OC)cc2s1.Cl. The van der Waals surface area contributed by atoms with Crippen molar-refractivity contribution in [1.29, 1.82) is 0 Å². The van der Waals surface area contributed by atoms with E-state index in [4.69, 9.17) is 14.5 Å². The molecular formula is C25H34ClN3O3S2. The van der Waals surface area contributed by atoms with Crippen LogP contribution in [0, 0.1) is 0 Å². The van der Waals surface area contributed by atoms with Crippen LogP contribution in [-0.4, -0.2) is 61.9 Å². The number of thiazole rings is 1. The molecule has 3 aromatic rings. The second kappa shape index (κ2) is 14.4. The van der Waals surface area contributed by atoms with Crippen molar-refractivity contribution in [2.75, 3.05) is 51.1 Å². The van der Waals surface area contributed by atoms with Crippen molar-refractivity contribution in [3.8, 4) is 11.5 Å². The highest BCUT2D eigenvalue weighted by Crippen LogP contribution is 2.32. The molecule has 6 nitrogen and oxygen atoms in total. The molecule has 0 fully saturated rings. The molecule has 0 unspecified atom stereocenters. The standard InChI is InChI=1S/C25H33N3O3S2.ClH/c1-5-27(6-2)15-16-28(25-26-22-14-11-20(31-4)18-23(22)33-25)24(29)8-7-17-32-21-12-9-19(30-3)10-13-21;/h9-14,18H,5-8,15-17H2,1-4H3;1H. The van der Waals surface area contributed by atoms with Crippen LogP contribution in [0.25, 0.3) is 10.2 Å². The summed E-state index contributed by atoms with van der Waals surface area (Å²) in [4.78, 5) is 23.4. The molecule has 34 heavy (non-hydrogen) atoms. The zero-order valence-corrected chi connectivity index (χ0v) is 22.7. The van der Waals surface area contributed by atoms with E-state index >= 15 is 0 Å². The smallest absolute Gasteiger partial charge is 0.228 e. The van der Waals surface area contributed by atoms with E-state index in [-0.39, 0.29) is 18.3 Å². The molecule has 0 saturated carbocycles. The van der Waals surface area contributed by atoms with Gasteiger partial charge in [-0.25, -0.2) is 4.98 Å².